The molecule has 0 aliphatic rings. The number of halogens is 1. The fourth-order valence-electron chi connectivity index (χ4n) is 1.85. The van der Waals surface area contributed by atoms with Crippen molar-refractivity contribution in [1.82, 2.24) is 9.97 Å². The van der Waals surface area contributed by atoms with Gasteiger partial charge in [0, 0.05) is 11.6 Å². The second-order valence-electron chi connectivity index (χ2n) is 3.55. The summed E-state index contributed by atoms with van der Waals surface area (Å²) in [5.74, 6) is 0. The number of H-pyrrole nitrogens is 1. The van der Waals surface area contributed by atoms with E-state index in [-0.39, 0.29) is 5.56 Å². The SMILES string of the molecule is O=c1[nH]c(Cl)cc2ncc3ccccc3c12. The molecular formula is C12H7ClN2O. The van der Waals surface area contributed by atoms with E-state index >= 15 is 0 Å². The van der Waals surface area contributed by atoms with Crippen molar-refractivity contribution in [3.63, 3.8) is 0 Å². The average Bonchev–Trinajstić information content (AvgIpc) is 2.28. The Hall–Kier alpha value is -1.87. The molecule has 0 atom stereocenters. The van der Waals surface area contributed by atoms with Crippen molar-refractivity contribution in [3.8, 4) is 0 Å². The minimum Gasteiger partial charge on any atom is -0.312 e. The van der Waals surface area contributed by atoms with Gasteiger partial charge in [-0.3, -0.25) is 9.78 Å². The van der Waals surface area contributed by atoms with Crippen LogP contribution < -0.4 is 5.56 Å². The topological polar surface area (TPSA) is 45.8 Å². The van der Waals surface area contributed by atoms with Gasteiger partial charge in [-0.15, -0.1) is 0 Å². The van der Waals surface area contributed by atoms with E-state index in [9.17, 15) is 4.79 Å². The van der Waals surface area contributed by atoms with Gasteiger partial charge in [-0.05, 0) is 11.5 Å². The molecule has 0 bridgehead atoms. The molecule has 0 saturated heterocycles. The summed E-state index contributed by atoms with van der Waals surface area (Å²) in [6.07, 6.45) is 1.74. The third-order valence-electron chi connectivity index (χ3n) is 2.55. The Morgan fingerprint density at radius 2 is 2.06 bits per heavy atom. The van der Waals surface area contributed by atoms with Gasteiger partial charge in [-0.2, -0.15) is 0 Å². The number of nitrogens with zero attached hydrogens (tertiary/aromatic N) is 1. The minimum atomic E-state index is -0.202. The fraction of sp³-hybridized carbons (Fsp3) is 0. The molecule has 3 nitrogen and oxygen atoms in total. The van der Waals surface area contributed by atoms with Gasteiger partial charge in [0.1, 0.15) is 5.15 Å². The van der Waals surface area contributed by atoms with Crippen LogP contribution in [0.5, 0.6) is 0 Å². The first kappa shape index (κ1) is 9.36. The lowest BCUT2D eigenvalue weighted by Gasteiger charge is -2.02. The second kappa shape index (κ2) is 3.32. The Morgan fingerprint density at radius 3 is 2.94 bits per heavy atom. The molecule has 0 spiro atoms. The smallest absolute Gasteiger partial charge is 0.259 e. The number of nitrogens with one attached hydrogen (secondary N) is 1. The molecule has 2 heterocycles. The molecular weight excluding hydrogens is 224 g/mol. The zero-order chi connectivity index (χ0) is 11.1. The van der Waals surface area contributed by atoms with Gasteiger partial charge in [0.2, 0.25) is 0 Å². The summed E-state index contributed by atoms with van der Waals surface area (Å²) in [5.41, 5.74) is 0.416. The van der Waals surface area contributed by atoms with Crippen LogP contribution in [0.15, 0.2) is 41.3 Å². The van der Waals surface area contributed by atoms with Gasteiger partial charge in [0.25, 0.3) is 5.56 Å². The molecule has 2 aromatic heterocycles. The number of aromatic amines is 1. The third-order valence-corrected chi connectivity index (χ3v) is 2.76. The van der Waals surface area contributed by atoms with E-state index < -0.39 is 0 Å². The van der Waals surface area contributed by atoms with Crippen molar-refractivity contribution in [1.29, 1.82) is 0 Å². The Morgan fingerprint density at radius 1 is 1.25 bits per heavy atom. The predicted octanol–water partition coefficient (Wildman–Crippen LogP) is 2.73. The van der Waals surface area contributed by atoms with E-state index in [4.69, 9.17) is 11.6 Å². The highest BCUT2D eigenvalue weighted by Crippen LogP contribution is 2.21. The minimum absolute atomic E-state index is 0.202. The largest absolute Gasteiger partial charge is 0.312 e. The van der Waals surface area contributed by atoms with E-state index in [0.29, 0.717) is 16.1 Å². The van der Waals surface area contributed by atoms with Crippen LogP contribution in [0, 0.1) is 0 Å². The Kier molecular flexibility index (Phi) is 1.94. The lowest BCUT2D eigenvalue weighted by Crippen LogP contribution is -2.07. The van der Waals surface area contributed by atoms with Crippen LogP contribution in [0.4, 0.5) is 0 Å². The van der Waals surface area contributed by atoms with Gasteiger partial charge in [0.05, 0.1) is 10.9 Å². The van der Waals surface area contributed by atoms with Crippen LogP contribution >= 0.6 is 11.6 Å². The quantitative estimate of drug-likeness (QED) is 0.477. The molecule has 0 aliphatic carbocycles. The van der Waals surface area contributed by atoms with E-state index in [2.05, 4.69) is 9.97 Å². The summed E-state index contributed by atoms with van der Waals surface area (Å²) in [5, 5.41) is 2.73. The normalized spacial score (nSPS) is 11.1. The second-order valence-corrected chi connectivity index (χ2v) is 3.96. The standard InChI is InChI=1S/C12H7ClN2O/c13-10-5-9-11(12(16)15-10)8-4-2-1-3-7(8)6-14-9/h1-6H,(H,15,16). The molecule has 1 aromatic carbocycles. The average molecular weight is 231 g/mol. The van der Waals surface area contributed by atoms with Gasteiger partial charge < -0.3 is 4.98 Å². The number of hydrogen-bond acceptors (Lipinski definition) is 2. The predicted molar refractivity (Wildman–Crippen MR) is 64.9 cm³/mol. The van der Waals surface area contributed by atoms with E-state index in [1.165, 1.54) is 0 Å². The maximum Gasteiger partial charge on any atom is 0.259 e. The van der Waals surface area contributed by atoms with Gasteiger partial charge >= 0.3 is 0 Å². The maximum atomic E-state index is 11.8. The summed E-state index contributed by atoms with van der Waals surface area (Å²) < 4.78 is 0. The summed E-state index contributed by atoms with van der Waals surface area (Å²) >= 11 is 5.78. The van der Waals surface area contributed by atoms with E-state index in [0.717, 1.165) is 10.8 Å². The number of benzene rings is 1. The van der Waals surface area contributed by atoms with Gasteiger partial charge in [-0.25, -0.2) is 0 Å². The molecule has 0 aliphatic heterocycles. The highest BCUT2D eigenvalue weighted by Gasteiger charge is 2.06. The first-order chi connectivity index (χ1) is 7.75. The number of rotatable bonds is 0. The Labute approximate surface area is 95.7 Å². The number of hydrogen-bond donors (Lipinski definition) is 1. The maximum absolute atomic E-state index is 11.8. The summed E-state index contributed by atoms with van der Waals surface area (Å²) in [4.78, 5) is 18.6. The Bertz CT molecular complexity index is 749. The molecule has 0 unspecified atom stereocenters. The molecule has 0 radical (unpaired) electrons. The van der Waals surface area contributed by atoms with Crippen molar-refractivity contribution in [2.45, 2.75) is 0 Å². The summed E-state index contributed by atoms with van der Waals surface area (Å²) in [6, 6.07) is 9.30. The van der Waals surface area contributed by atoms with Crippen molar-refractivity contribution < 1.29 is 0 Å². The van der Waals surface area contributed by atoms with Crippen molar-refractivity contribution in [2.75, 3.05) is 0 Å². The molecule has 4 heteroatoms. The van der Waals surface area contributed by atoms with Crippen LogP contribution in [-0.4, -0.2) is 9.97 Å². The highest BCUT2D eigenvalue weighted by atomic mass is 35.5. The van der Waals surface area contributed by atoms with Crippen LogP contribution in [0.3, 0.4) is 0 Å². The summed E-state index contributed by atoms with van der Waals surface area (Å²) in [7, 11) is 0. The van der Waals surface area contributed by atoms with Crippen molar-refractivity contribution >= 4 is 33.3 Å². The number of pyridine rings is 2. The van der Waals surface area contributed by atoms with Crippen molar-refractivity contribution in [3.05, 3.63) is 52.0 Å². The Balaban J connectivity index is 2.65. The van der Waals surface area contributed by atoms with Gasteiger partial charge in [0.15, 0.2) is 0 Å². The van der Waals surface area contributed by atoms with Crippen LogP contribution in [0.25, 0.3) is 21.7 Å². The van der Waals surface area contributed by atoms with Crippen LogP contribution in [-0.2, 0) is 0 Å². The molecule has 3 aromatic rings. The third kappa shape index (κ3) is 1.29. The van der Waals surface area contributed by atoms with Crippen molar-refractivity contribution in [2.24, 2.45) is 0 Å². The molecule has 0 saturated carbocycles. The molecule has 3 rings (SSSR count). The lowest BCUT2D eigenvalue weighted by atomic mass is 10.1. The van der Waals surface area contributed by atoms with Gasteiger partial charge in [-0.1, -0.05) is 35.9 Å². The van der Waals surface area contributed by atoms with Crippen LogP contribution in [0.2, 0.25) is 5.15 Å². The first-order valence-corrected chi connectivity index (χ1v) is 5.20. The first-order valence-electron chi connectivity index (χ1n) is 4.82. The van der Waals surface area contributed by atoms with Crippen LogP contribution in [0.1, 0.15) is 0 Å². The lowest BCUT2D eigenvalue weighted by molar-refractivity contribution is 1.26. The highest BCUT2D eigenvalue weighted by molar-refractivity contribution is 6.30. The zero-order valence-electron chi connectivity index (χ0n) is 8.20. The molecule has 1 N–H and O–H groups in total. The molecule has 16 heavy (non-hydrogen) atoms. The number of aromatic nitrogens is 2. The molecule has 78 valence electrons. The molecule has 0 fully saturated rings. The summed E-state index contributed by atoms with van der Waals surface area (Å²) in [6.45, 7) is 0. The molecule has 0 amide bonds. The number of fused-ring (bicyclic) bond motifs is 3. The van der Waals surface area contributed by atoms with E-state index in [1.807, 2.05) is 24.3 Å². The van der Waals surface area contributed by atoms with E-state index in [1.54, 1.807) is 12.3 Å². The zero-order valence-corrected chi connectivity index (χ0v) is 8.95. The fourth-order valence-corrected chi connectivity index (χ4v) is 2.04. The monoisotopic (exact) mass is 230 g/mol.